The van der Waals surface area contributed by atoms with Gasteiger partial charge >= 0.3 is 6.36 Å². The van der Waals surface area contributed by atoms with Crippen LogP contribution >= 0.6 is 45.2 Å². The molecule has 0 aliphatic rings. The van der Waals surface area contributed by atoms with Crippen molar-refractivity contribution in [1.29, 1.82) is 0 Å². The number of pyridine rings is 1. The van der Waals surface area contributed by atoms with Gasteiger partial charge in [0.25, 0.3) is 0 Å². The number of nitrogens with zero attached hydrogens (tertiary/aromatic N) is 1. The highest BCUT2D eigenvalue weighted by atomic mass is 127. The Morgan fingerprint density at radius 1 is 1.40 bits per heavy atom. The second kappa shape index (κ2) is 4.99. The Morgan fingerprint density at radius 2 is 2.00 bits per heavy atom. The first-order valence-electron chi connectivity index (χ1n) is 3.64. The van der Waals surface area contributed by atoms with Crippen LogP contribution in [-0.2, 0) is 6.54 Å². The van der Waals surface area contributed by atoms with E-state index in [0.717, 1.165) is 0 Å². The van der Waals surface area contributed by atoms with E-state index in [4.69, 9.17) is 5.73 Å². The molecular weight excluding hydrogens is 439 g/mol. The molecule has 0 aliphatic carbocycles. The molecule has 0 aromatic carbocycles. The number of alkyl halides is 3. The highest BCUT2D eigenvalue weighted by Gasteiger charge is 2.33. The molecule has 0 saturated heterocycles. The number of rotatable bonds is 2. The smallest absolute Gasteiger partial charge is 0.387 e. The van der Waals surface area contributed by atoms with Crippen LogP contribution < -0.4 is 10.5 Å². The number of hydrogen-bond acceptors (Lipinski definition) is 3. The zero-order valence-corrected chi connectivity index (χ0v) is 11.4. The van der Waals surface area contributed by atoms with E-state index < -0.39 is 12.2 Å². The van der Waals surface area contributed by atoms with E-state index in [1.807, 2.05) is 0 Å². The Balaban J connectivity index is 3.12. The van der Waals surface area contributed by atoms with Gasteiger partial charge in [-0.1, -0.05) is 0 Å². The van der Waals surface area contributed by atoms with Crippen LogP contribution in [0.3, 0.4) is 0 Å². The molecule has 0 unspecified atom stereocenters. The van der Waals surface area contributed by atoms with Crippen LogP contribution in [0.2, 0.25) is 0 Å². The van der Waals surface area contributed by atoms with E-state index in [-0.39, 0.29) is 10.1 Å². The van der Waals surface area contributed by atoms with Crippen LogP contribution in [0.25, 0.3) is 0 Å². The van der Waals surface area contributed by atoms with Crippen molar-refractivity contribution in [3.63, 3.8) is 0 Å². The minimum Gasteiger partial charge on any atom is -0.387 e. The summed E-state index contributed by atoms with van der Waals surface area (Å²) in [4.78, 5) is 3.65. The average Bonchev–Trinajstić information content (AvgIpc) is 2.08. The summed E-state index contributed by atoms with van der Waals surface area (Å²) in [5, 5.41) is 0. The number of hydrogen-bond donors (Lipinski definition) is 1. The van der Waals surface area contributed by atoms with Gasteiger partial charge in [0.1, 0.15) is 3.70 Å². The third kappa shape index (κ3) is 3.90. The van der Waals surface area contributed by atoms with Gasteiger partial charge in [-0.05, 0) is 56.8 Å². The number of nitrogens with two attached hydrogens (primary N) is 1. The number of aromatic nitrogens is 1. The molecule has 0 amide bonds. The molecule has 8 heteroatoms. The van der Waals surface area contributed by atoms with Crippen molar-refractivity contribution in [1.82, 2.24) is 4.98 Å². The minimum atomic E-state index is -4.73. The lowest BCUT2D eigenvalue weighted by Crippen LogP contribution is -2.19. The highest BCUT2D eigenvalue weighted by molar-refractivity contribution is 14.1. The molecule has 0 aliphatic heterocycles. The summed E-state index contributed by atoms with van der Waals surface area (Å²) < 4.78 is 40.4. The Kier molecular flexibility index (Phi) is 4.40. The molecule has 1 heterocycles. The van der Waals surface area contributed by atoms with Crippen LogP contribution in [0, 0.1) is 7.27 Å². The van der Waals surface area contributed by atoms with Gasteiger partial charge in [-0.2, -0.15) is 0 Å². The second-order valence-corrected chi connectivity index (χ2v) is 4.66. The summed E-state index contributed by atoms with van der Waals surface area (Å²) in [5.74, 6) is -0.449. The van der Waals surface area contributed by atoms with Crippen LogP contribution in [0.15, 0.2) is 6.07 Å². The zero-order valence-electron chi connectivity index (χ0n) is 7.11. The summed E-state index contributed by atoms with van der Waals surface area (Å²) in [5.41, 5.74) is 5.96. The van der Waals surface area contributed by atoms with Crippen molar-refractivity contribution in [2.24, 2.45) is 5.73 Å². The van der Waals surface area contributed by atoms with Crippen molar-refractivity contribution in [2.75, 3.05) is 0 Å². The molecular formula is C7H5F3I2N2O. The highest BCUT2D eigenvalue weighted by Crippen LogP contribution is 2.28. The predicted molar refractivity (Wildman–Crippen MR) is 64.2 cm³/mol. The minimum absolute atomic E-state index is 0.144. The maximum atomic E-state index is 12.0. The van der Waals surface area contributed by atoms with Gasteiger partial charge in [-0.25, -0.2) is 4.98 Å². The van der Waals surface area contributed by atoms with E-state index >= 15 is 0 Å². The summed E-state index contributed by atoms with van der Waals surface area (Å²) in [6, 6.07) is 1.62. The summed E-state index contributed by atoms with van der Waals surface area (Å²) >= 11 is 3.53. The largest absolute Gasteiger partial charge is 0.574 e. The van der Waals surface area contributed by atoms with Crippen LogP contribution in [0.5, 0.6) is 5.88 Å². The lowest BCUT2D eigenvalue weighted by Gasteiger charge is -2.11. The fourth-order valence-electron chi connectivity index (χ4n) is 0.849. The quantitative estimate of drug-likeness (QED) is 0.564. The Hall–Kier alpha value is 0.160. The topological polar surface area (TPSA) is 48.1 Å². The van der Waals surface area contributed by atoms with Crippen molar-refractivity contribution in [3.05, 3.63) is 18.9 Å². The molecule has 0 spiro atoms. The van der Waals surface area contributed by atoms with Crippen molar-refractivity contribution in [2.45, 2.75) is 12.9 Å². The molecule has 0 radical (unpaired) electrons. The SMILES string of the molecule is NCc1cc(I)nc(OC(F)(F)F)c1I. The molecule has 0 bridgehead atoms. The summed E-state index contributed by atoms with van der Waals surface area (Å²) in [7, 11) is 0. The second-order valence-electron chi connectivity index (χ2n) is 2.48. The maximum Gasteiger partial charge on any atom is 0.574 e. The fraction of sp³-hybridized carbons (Fsp3) is 0.286. The van der Waals surface area contributed by atoms with E-state index in [9.17, 15) is 13.2 Å². The molecule has 3 nitrogen and oxygen atoms in total. The van der Waals surface area contributed by atoms with E-state index in [1.54, 1.807) is 51.2 Å². The normalized spacial score (nSPS) is 11.6. The Labute approximate surface area is 111 Å². The lowest BCUT2D eigenvalue weighted by molar-refractivity contribution is -0.276. The molecule has 1 aromatic rings. The number of halogens is 5. The average molecular weight is 444 g/mol. The Morgan fingerprint density at radius 3 is 2.47 bits per heavy atom. The number of ether oxygens (including phenoxy) is 1. The molecule has 1 aromatic heterocycles. The standard InChI is InChI=1S/C7H5F3I2N2O/c8-7(9,10)15-6-5(12)3(2-13)1-4(11)14-6/h1H,2,13H2. The lowest BCUT2D eigenvalue weighted by atomic mass is 10.3. The van der Waals surface area contributed by atoms with E-state index in [2.05, 4.69) is 9.72 Å². The monoisotopic (exact) mass is 444 g/mol. The van der Waals surface area contributed by atoms with Gasteiger partial charge in [-0.15, -0.1) is 13.2 Å². The molecule has 1 rings (SSSR count). The Bertz CT molecular complexity index is 370. The van der Waals surface area contributed by atoms with Crippen molar-refractivity contribution < 1.29 is 17.9 Å². The first kappa shape index (κ1) is 13.2. The van der Waals surface area contributed by atoms with Gasteiger partial charge in [0.15, 0.2) is 0 Å². The van der Waals surface area contributed by atoms with Crippen LogP contribution in [-0.4, -0.2) is 11.3 Å². The molecule has 15 heavy (non-hydrogen) atoms. The van der Waals surface area contributed by atoms with E-state index in [0.29, 0.717) is 9.26 Å². The van der Waals surface area contributed by atoms with Gasteiger partial charge in [0.05, 0.1) is 3.57 Å². The molecule has 0 atom stereocenters. The molecule has 0 fully saturated rings. The first-order valence-corrected chi connectivity index (χ1v) is 5.80. The first-order chi connectivity index (χ1) is 6.83. The fourth-order valence-corrected chi connectivity index (χ4v) is 2.05. The van der Waals surface area contributed by atoms with Gasteiger partial charge in [-0.3, -0.25) is 0 Å². The van der Waals surface area contributed by atoms with Crippen molar-refractivity contribution in [3.8, 4) is 5.88 Å². The van der Waals surface area contributed by atoms with E-state index in [1.165, 1.54) is 0 Å². The third-order valence-electron chi connectivity index (χ3n) is 1.40. The summed E-state index contributed by atoms with van der Waals surface area (Å²) in [6.45, 7) is 0.144. The maximum absolute atomic E-state index is 12.0. The van der Waals surface area contributed by atoms with Gasteiger partial charge < -0.3 is 10.5 Å². The molecule has 0 saturated carbocycles. The van der Waals surface area contributed by atoms with Crippen molar-refractivity contribution >= 4 is 45.2 Å². The van der Waals surface area contributed by atoms with Gasteiger partial charge in [0.2, 0.25) is 5.88 Å². The molecule has 84 valence electrons. The molecule has 2 N–H and O–H groups in total. The third-order valence-corrected chi connectivity index (χ3v) is 3.11. The van der Waals surface area contributed by atoms with Crippen LogP contribution in [0.1, 0.15) is 5.56 Å². The van der Waals surface area contributed by atoms with Gasteiger partial charge in [0, 0.05) is 6.54 Å². The van der Waals surface area contributed by atoms with Crippen LogP contribution in [0.4, 0.5) is 13.2 Å². The summed E-state index contributed by atoms with van der Waals surface area (Å²) in [6.07, 6.45) is -4.73. The zero-order chi connectivity index (χ0) is 11.6. The predicted octanol–water partition coefficient (Wildman–Crippen LogP) is 2.65.